The molecule has 0 bridgehead atoms. The number of nitrogens with zero attached hydrogens (tertiary/aromatic N) is 4. The number of aromatic nitrogens is 2. The maximum Gasteiger partial charge on any atom is 0.323 e. The molecule has 2 aliphatic heterocycles. The van der Waals surface area contributed by atoms with Crippen molar-refractivity contribution in [2.75, 3.05) is 39.8 Å². The van der Waals surface area contributed by atoms with E-state index < -0.39 is 20.2 Å². The molecule has 2 aromatic carbocycles. The summed E-state index contributed by atoms with van der Waals surface area (Å²) in [4.78, 5) is 52.4. The third kappa shape index (κ3) is 16.9. The van der Waals surface area contributed by atoms with Gasteiger partial charge in [-0.25, -0.2) is 0 Å². The molecule has 4 heterocycles. The van der Waals surface area contributed by atoms with E-state index in [0.29, 0.717) is 42.5 Å². The van der Waals surface area contributed by atoms with Crippen LogP contribution >= 0.6 is 19.6 Å². The standard InChI is InChI=1S/C22H25N2O4PS.C7H9N3O2.C7H12O.C5H11N.C2H6/c1-3-11-27-22(26)15(2)24-29(28-18-7-5-4-6-8-18)14-16-9-10-19-17(12-16)13-20(30-19)21(23)25;1-5-8-7(12-9-5)6-2-10(3-6)4-11;1-6-5-7(6)3-2-4-8;1-6-4-2-3-5-6;1-2/h4-10,12-13,15,24H,3,11,14H2,1-2H3,(H2,23,25);4,6H,2-3H2,1H3;4,6-7H,2-3,5H2,1H3;2-5H2,1H3;1-2H3. The molecule has 3 aliphatic rings. The quantitative estimate of drug-likeness (QED) is 0.0674. The van der Waals surface area contributed by atoms with Crippen LogP contribution < -0.4 is 15.3 Å². The highest BCUT2D eigenvalue weighted by atomic mass is 32.1. The van der Waals surface area contributed by atoms with Gasteiger partial charge in [0.25, 0.3) is 5.91 Å². The average molecular weight is 839 g/mol. The van der Waals surface area contributed by atoms with E-state index in [1.165, 1.54) is 43.7 Å². The largest absolute Gasteiger partial charge is 0.465 e. The SMILES string of the molecule is CC.CC1CC1CCC=O.CCCOC(=O)C(C)NP(Cc1ccc2sc(C(N)=O)cc2c1)Oc1ccccc1.CN1CCCC1.Cc1noc(C2CN(C=O)C2)n1. The Labute approximate surface area is 349 Å². The molecule has 2 amide bonds. The Morgan fingerprint density at radius 3 is 2.33 bits per heavy atom. The summed E-state index contributed by atoms with van der Waals surface area (Å²) in [5.41, 5.74) is 6.44. The Balaban J connectivity index is 0.000000258. The van der Waals surface area contributed by atoms with Gasteiger partial charge in [0.2, 0.25) is 12.3 Å². The smallest absolute Gasteiger partial charge is 0.323 e. The molecular weight excluding hydrogens is 776 g/mol. The molecule has 7 rings (SSSR count). The molecule has 2 saturated heterocycles. The van der Waals surface area contributed by atoms with Crippen molar-refractivity contribution in [3.8, 4) is 5.75 Å². The van der Waals surface area contributed by atoms with Crippen LogP contribution in [0.3, 0.4) is 0 Å². The van der Waals surface area contributed by atoms with Gasteiger partial charge in [-0.2, -0.15) is 4.98 Å². The zero-order chi connectivity index (χ0) is 42.5. The molecule has 4 atom stereocenters. The Morgan fingerprint density at radius 1 is 1.10 bits per heavy atom. The van der Waals surface area contributed by atoms with Crippen LogP contribution in [-0.2, 0) is 25.3 Å². The van der Waals surface area contributed by atoms with Gasteiger partial charge in [0.05, 0.1) is 17.4 Å². The first-order valence-corrected chi connectivity index (χ1v) is 22.6. The normalized spacial score (nSPS) is 17.9. The zero-order valence-corrected chi connectivity index (χ0v) is 36.9. The molecule has 0 radical (unpaired) electrons. The number of esters is 1. The Morgan fingerprint density at radius 2 is 1.79 bits per heavy atom. The number of para-hydroxylation sites is 1. The van der Waals surface area contributed by atoms with E-state index >= 15 is 0 Å². The number of carbonyl (C=O) groups is 4. The van der Waals surface area contributed by atoms with Crippen molar-refractivity contribution in [1.82, 2.24) is 25.0 Å². The predicted molar refractivity (Wildman–Crippen MR) is 232 cm³/mol. The van der Waals surface area contributed by atoms with Crippen LogP contribution in [0.1, 0.15) is 106 Å². The van der Waals surface area contributed by atoms with Crippen molar-refractivity contribution in [3.63, 3.8) is 0 Å². The fourth-order valence-electron chi connectivity index (χ4n) is 5.98. The number of benzene rings is 2. The molecule has 4 aromatic rings. The van der Waals surface area contributed by atoms with Crippen molar-refractivity contribution in [2.24, 2.45) is 17.6 Å². The number of carbonyl (C=O) groups excluding carboxylic acids is 4. The molecule has 4 unspecified atom stereocenters. The minimum Gasteiger partial charge on any atom is -0.465 e. The van der Waals surface area contributed by atoms with E-state index in [4.69, 9.17) is 19.5 Å². The number of nitrogens with one attached hydrogen (secondary N) is 1. The van der Waals surface area contributed by atoms with Crippen molar-refractivity contribution in [3.05, 3.63) is 76.8 Å². The summed E-state index contributed by atoms with van der Waals surface area (Å²) >= 11 is 1.38. The van der Waals surface area contributed by atoms with Gasteiger partial charge in [-0.15, -0.1) is 11.3 Å². The van der Waals surface area contributed by atoms with Crippen molar-refractivity contribution in [1.29, 1.82) is 0 Å². The van der Waals surface area contributed by atoms with Crippen LogP contribution in [0, 0.1) is 18.8 Å². The van der Waals surface area contributed by atoms with Gasteiger partial charge in [-0.3, -0.25) is 19.5 Å². The van der Waals surface area contributed by atoms with Gasteiger partial charge in [-0.05, 0) is 119 Å². The average Bonchev–Trinajstić information content (AvgIpc) is 3.59. The molecule has 13 nitrogen and oxygen atoms in total. The van der Waals surface area contributed by atoms with Gasteiger partial charge >= 0.3 is 5.97 Å². The molecule has 3 N–H and O–H groups in total. The van der Waals surface area contributed by atoms with E-state index in [2.05, 4.69) is 34.1 Å². The van der Waals surface area contributed by atoms with Gasteiger partial charge in [-0.1, -0.05) is 57.1 Å². The van der Waals surface area contributed by atoms with Gasteiger partial charge < -0.3 is 34.1 Å². The van der Waals surface area contributed by atoms with Crippen LogP contribution in [0.2, 0.25) is 0 Å². The molecule has 2 aromatic heterocycles. The molecule has 15 heteroatoms. The van der Waals surface area contributed by atoms with Gasteiger partial charge in [0.1, 0.15) is 18.1 Å². The van der Waals surface area contributed by atoms with Crippen molar-refractivity contribution < 1.29 is 33.0 Å². The number of ether oxygens (including phenoxy) is 1. The molecule has 58 heavy (non-hydrogen) atoms. The second kappa shape index (κ2) is 26.0. The Hall–Kier alpha value is -4.23. The number of rotatable bonds is 15. The molecule has 318 valence electrons. The number of hydrogen-bond donors (Lipinski definition) is 2. The van der Waals surface area contributed by atoms with E-state index in [0.717, 1.165) is 65.2 Å². The lowest BCUT2D eigenvalue weighted by Gasteiger charge is -2.33. The van der Waals surface area contributed by atoms with Gasteiger partial charge in [0, 0.05) is 30.4 Å². The number of hydrogen-bond acceptors (Lipinski definition) is 12. The number of aldehydes is 1. The number of primary amides is 1. The van der Waals surface area contributed by atoms with Gasteiger partial charge in [0.15, 0.2) is 14.1 Å². The first-order valence-electron chi connectivity index (χ1n) is 20.4. The number of nitrogens with two attached hydrogens (primary N) is 1. The lowest BCUT2D eigenvalue weighted by Crippen LogP contribution is -2.43. The summed E-state index contributed by atoms with van der Waals surface area (Å²) in [5.74, 6) is 3.36. The summed E-state index contributed by atoms with van der Waals surface area (Å²) in [6.45, 7) is 16.2. The first kappa shape index (κ1) is 48.1. The lowest BCUT2D eigenvalue weighted by molar-refractivity contribution is -0.145. The highest BCUT2D eigenvalue weighted by molar-refractivity contribution is 7.50. The third-order valence-electron chi connectivity index (χ3n) is 9.46. The second-order valence-electron chi connectivity index (χ2n) is 14.5. The predicted octanol–water partition coefficient (Wildman–Crippen LogP) is 8.12. The van der Waals surface area contributed by atoms with E-state index in [-0.39, 0.29) is 11.9 Å². The first-order chi connectivity index (χ1) is 28.0. The topological polar surface area (TPSA) is 170 Å². The Kier molecular flexibility index (Phi) is 21.6. The third-order valence-corrected chi connectivity index (χ3v) is 12.4. The molecule has 1 aliphatic carbocycles. The summed E-state index contributed by atoms with van der Waals surface area (Å²) in [7, 11) is 0.973. The minimum atomic E-state index is -1.20. The monoisotopic (exact) mass is 838 g/mol. The maximum atomic E-state index is 12.2. The molecule has 3 fully saturated rings. The van der Waals surface area contributed by atoms with Crippen molar-refractivity contribution in [2.45, 2.75) is 98.2 Å². The van der Waals surface area contributed by atoms with E-state index in [1.807, 2.05) is 75.4 Å². The second-order valence-corrected chi connectivity index (χ2v) is 17.1. The summed E-state index contributed by atoms with van der Waals surface area (Å²) in [6, 6.07) is 16.9. The highest BCUT2D eigenvalue weighted by Gasteiger charge is 2.32. The lowest BCUT2D eigenvalue weighted by atomic mass is 10.0. The Bertz CT molecular complexity index is 1810. The van der Waals surface area contributed by atoms with Crippen LogP contribution in [-0.4, -0.2) is 90.4 Å². The number of likely N-dealkylation sites (tertiary alicyclic amines) is 2. The highest BCUT2D eigenvalue weighted by Crippen LogP contribution is 2.41. The van der Waals surface area contributed by atoms with Crippen LogP contribution in [0.25, 0.3) is 10.1 Å². The summed E-state index contributed by atoms with van der Waals surface area (Å²) < 4.78 is 17.4. The van der Waals surface area contributed by atoms with Crippen molar-refractivity contribution >= 4 is 54.3 Å². The maximum absolute atomic E-state index is 12.2. The molecular formula is C43H63N6O7PS. The zero-order valence-electron chi connectivity index (χ0n) is 35.2. The summed E-state index contributed by atoms with van der Waals surface area (Å²) in [6.07, 6.45) is 9.31. The minimum absolute atomic E-state index is 0.247. The number of amides is 2. The fraction of sp³-hybridized carbons (Fsp3) is 0.535. The van der Waals surface area contributed by atoms with Crippen LogP contribution in [0.15, 0.2) is 59.1 Å². The van der Waals surface area contributed by atoms with Crippen LogP contribution in [0.4, 0.5) is 0 Å². The molecule has 0 spiro atoms. The number of aryl methyl sites for hydroxylation is 1. The number of thiophene rings is 1. The summed E-state index contributed by atoms with van der Waals surface area (Å²) in [5, 5.41) is 7.94. The van der Waals surface area contributed by atoms with E-state index in [1.54, 1.807) is 18.7 Å². The van der Waals surface area contributed by atoms with E-state index in [9.17, 15) is 19.2 Å². The number of fused-ring (bicyclic) bond motifs is 1. The molecule has 1 saturated carbocycles. The van der Waals surface area contributed by atoms with Crippen LogP contribution in [0.5, 0.6) is 5.75 Å². The fourth-order valence-corrected chi connectivity index (χ4v) is 8.53.